The first-order valence-electron chi connectivity index (χ1n) is 5.67. The Hall–Kier alpha value is -0.900. The first-order chi connectivity index (χ1) is 7.35. The predicted octanol–water partition coefficient (Wildman–Crippen LogP) is 1.70. The molecule has 1 N–H and O–H groups in total. The third-order valence-electron chi connectivity index (χ3n) is 3.06. The molecule has 0 aliphatic carbocycles. The van der Waals surface area contributed by atoms with E-state index >= 15 is 0 Å². The fourth-order valence-electron chi connectivity index (χ4n) is 1.56. The van der Waals surface area contributed by atoms with Gasteiger partial charge in [0.25, 0.3) is 0 Å². The SMILES string of the molecule is CCC(=O)C(C)C(C)(O)CCCC(=O)OC. The number of carbonyl (C=O) groups excluding carboxylic acids is 2. The molecule has 16 heavy (non-hydrogen) atoms. The van der Waals surface area contributed by atoms with Crippen LogP contribution in [-0.4, -0.2) is 29.6 Å². The average molecular weight is 230 g/mol. The summed E-state index contributed by atoms with van der Waals surface area (Å²) in [5.41, 5.74) is -1.04. The minimum Gasteiger partial charge on any atom is -0.469 e. The topological polar surface area (TPSA) is 63.6 Å². The number of carbonyl (C=O) groups is 2. The van der Waals surface area contributed by atoms with Crippen molar-refractivity contribution in [2.75, 3.05) is 7.11 Å². The second-order valence-electron chi connectivity index (χ2n) is 4.33. The molecule has 0 spiro atoms. The summed E-state index contributed by atoms with van der Waals surface area (Å²) >= 11 is 0. The summed E-state index contributed by atoms with van der Waals surface area (Å²) in [5.74, 6) is -0.636. The van der Waals surface area contributed by atoms with E-state index in [4.69, 9.17) is 0 Å². The molecular formula is C12H22O4. The van der Waals surface area contributed by atoms with Crippen LogP contribution in [0.15, 0.2) is 0 Å². The predicted molar refractivity (Wildman–Crippen MR) is 61.0 cm³/mol. The highest BCUT2D eigenvalue weighted by molar-refractivity contribution is 5.81. The van der Waals surface area contributed by atoms with Crippen molar-refractivity contribution < 1.29 is 19.4 Å². The first kappa shape index (κ1) is 15.1. The molecule has 0 aliphatic rings. The summed E-state index contributed by atoms with van der Waals surface area (Å²) in [6.07, 6.45) is 1.66. The van der Waals surface area contributed by atoms with Crippen LogP contribution in [0.25, 0.3) is 0 Å². The molecule has 0 amide bonds. The highest BCUT2D eigenvalue weighted by Gasteiger charge is 2.32. The molecule has 0 aromatic carbocycles. The molecule has 0 radical (unpaired) electrons. The molecular weight excluding hydrogens is 208 g/mol. The van der Waals surface area contributed by atoms with Crippen LogP contribution in [0.2, 0.25) is 0 Å². The Bertz CT molecular complexity index is 245. The van der Waals surface area contributed by atoms with Crippen LogP contribution < -0.4 is 0 Å². The Morgan fingerprint density at radius 3 is 2.44 bits per heavy atom. The molecule has 0 saturated carbocycles. The highest BCUT2D eigenvalue weighted by atomic mass is 16.5. The van der Waals surface area contributed by atoms with Gasteiger partial charge in [-0.3, -0.25) is 9.59 Å². The maximum atomic E-state index is 11.5. The Labute approximate surface area is 97.0 Å². The van der Waals surface area contributed by atoms with Gasteiger partial charge >= 0.3 is 5.97 Å². The zero-order valence-corrected chi connectivity index (χ0v) is 10.6. The van der Waals surface area contributed by atoms with Crippen molar-refractivity contribution >= 4 is 11.8 Å². The number of ether oxygens (including phenoxy) is 1. The Morgan fingerprint density at radius 2 is 2.00 bits per heavy atom. The van der Waals surface area contributed by atoms with E-state index < -0.39 is 11.5 Å². The molecule has 94 valence electrons. The van der Waals surface area contributed by atoms with Gasteiger partial charge in [0.05, 0.1) is 12.7 Å². The summed E-state index contributed by atoms with van der Waals surface area (Å²) < 4.78 is 4.51. The molecule has 0 rings (SSSR count). The minimum atomic E-state index is -1.04. The van der Waals surface area contributed by atoms with Crippen LogP contribution >= 0.6 is 0 Å². The van der Waals surface area contributed by atoms with Crippen molar-refractivity contribution in [3.8, 4) is 0 Å². The van der Waals surface area contributed by atoms with E-state index in [2.05, 4.69) is 4.74 Å². The maximum absolute atomic E-state index is 11.5. The number of esters is 1. The Morgan fingerprint density at radius 1 is 1.44 bits per heavy atom. The molecule has 2 unspecified atom stereocenters. The van der Waals surface area contributed by atoms with Gasteiger partial charge in [-0.05, 0) is 19.8 Å². The third kappa shape index (κ3) is 4.75. The third-order valence-corrected chi connectivity index (χ3v) is 3.06. The van der Waals surface area contributed by atoms with Crippen molar-refractivity contribution in [1.29, 1.82) is 0 Å². The molecule has 2 atom stereocenters. The van der Waals surface area contributed by atoms with Crippen molar-refractivity contribution in [2.24, 2.45) is 5.92 Å². The van der Waals surface area contributed by atoms with Gasteiger partial charge in [0, 0.05) is 18.8 Å². The molecule has 0 saturated heterocycles. The van der Waals surface area contributed by atoms with Gasteiger partial charge in [0.1, 0.15) is 5.78 Å². The van der Waals surface area contributed by atoms with Gasteiger partial charge in [0.15, 0.2) is 0 Å². The quantitative estimate of drug-likeness (QED) is 0.676. The Balaban J connectivity index is 4.13. The van der Waals surface area contributed by atoms with Gasteiger partial charge in [-0.25, -0.2) is 0 Å². The second-order valence-corrected chi connectivity index (χ2v) is 4.33. The maximum Gasteiger partial charge on any atom is 0.305 e. The lowest BCUT2D eigenvalue weighted by atomic mass is 9.82. The van der Waals surface area contributed by atoms with Crippen LogP contribution in [0.5, 0.6) is 0 Å². The summed E-state index contributed by atoms with van der Waals surface area (Å²) in [7, 11) is 1.34. The molecule has 4 heteroatoms. The number of Topliss-reactive ketones (excluding diaryl/α,β-unsaturated/α-hetero) is 1. The zero-order valence-electron chi connectivity index (χ0n) is 10.6. The van der Waals surface area contributed by atoms with Crippen LogP contribution in [0.3, 0.4) is 0 Å². The van der Waals surface area contributed by atoms with Gasteiger partial charge < -0.3 is 9.84 Å². The summed E-state index contributed by atoms with van der Waals surface area (Å²) in [5, 5.41) is 10.1. The second kappa shape index (κ2) is 6.63. The van der Waals surface area contributed by atoms with Crippen LogP contribution in [0, 0.1) is 5.92 Å². The molecule has 0 aromatic heterocycles. The lowest BCUT2D eigenvalue weighted by molar-refractivity contribution is -0.141. The molecule has 0 heterocycles. The van der Waals surface area contributed by atoms with Gasteiger partial charge in [0.2, 0.25) is 0 Å². The average Bonchev–Trinajstić information content (AvgIpc) is 2.26. The van der Waals surface area contributed by atoms with E-state index in [1.54, 1.807) is 20.8 Å². The summed E-state index contributed by atoms with van der Waals surface area (Å²) in [6.45, 7) is 5.15. The first-order valence-corrected chi connectivity index (χ1v) is 5.67. The van der Waals surface area contributed by atoms with Crippen molar-refractivity contribution in [1.82, 2.24) is 0 Å². The monoisotopic (exact) mass is 230 g/mol. The van der Waals surface area contributed by atoms with Crippen LogP contribution in [0.1, 0.15) is 46.5 Å². The summed E-state index contributed by atoms with van der Waals surface area (Å²) in [4.78, 5) is 22.3. The fraction of sp³-hybridized carbons (Fsp3) is 0.833. The number of methoxy groups -OCH3 is 1. The normalized spacial score (nSPS) is 16.3. The smallest absolute Gasteiger partial charge is 0.305 e. The molecule has 0 fully saturated rings. The van der Waals surface area contributed by atoms with Gasteiger partial charge in [-0.2, -0.15) is 0 Å². The molecule has 0 aromatic rings. The number of rotatable bonds is 7. The van der Waals surface area contributed by atoms with E-state index in [9.17, 15) is 14.7 Å². The van der Waals surface area contributed by atoms with Crippen molar-refractivity contribution in [3.05, 3.63) is 0 Å². The van der Waals surface area contributed by atoms with Gasteiger partial charge in [-0.15, -0.1) is 0 Å². The lowest BCUT2D eigenvalue weighted by Crippen LogP contribution is -2.37. The summed E-state index contributed by atoms with van der Waals surface area (Å²) in [6, 6.07) is 0. The van der Waals surface area contributed by atoms with Crippen LogP contribution in [-0.2, 0) is 14.3 Å². The molecule has 4 nitrogen and oxygen atoms in total. The highest BCUT2D eigenvalue weighted by Crippen LogP contribution is 2.25. The van der Waals surface area contributed by atoms with E-state index in [0.29, 0.717) is 19.3 Å². The van der Waals surface area contributed by atoms with Crippen molar-refractivity contribution in [2.45, 2.75) is 52.1 Å². The van der Waals surface area contributed by atoms with E-state index in [1.165, 1.54) is 7.11 Å². The number of ketones is 1. The molecule has 0 aliphatic heterocycles. The van der Waals surface area contributed by atoms with Crippen molar-refractivity contribution in [3.63, 3.8) is 0 Å². The zero-order chi connectivity index (χ0) is 12.8. The van der Waals surface area contributed by atoms with E-state index in [1.807, 2.05) is 0 Å². The lowest BCUT2D eigenvalue weighted by Gasteiger charge is -2.29. The van der Waals surface area contributed by atoms with Gasteiger partial charge in [-0.1, -0.05) is 13.8 Å². The van der Waals surface area contributed by atoms with Crippen LogP contribution in [0.4, 0.5) is 0 Å². The van der Waals surface area contributed by atoms with E-state index in [0.717, 1.165) is 0 Å². The van der Waals surface area contributed by atoms with E-state index in [-0.39, 0.29) is 18.2 Å². The standard InChI is InChI=1S/C12H22O4/c1-5-10(13)9(2)12(3,15)8-6-7-11(14)16-4/h9,15H,5-8H2,1-4H3. The fourth-order valence-corrected chi connectivity index (χ4v) is 1.56. The largest absolute Gasteiger partial charge is 0.469 e. The number of hydrogen-bond acceptors (Lipinski definition) is 4. The number of aliphatic hydroxyl groups is 1. The molecule has 0 bridgehead atoms. The Kier molecular flexibility index (Phi) is 6.26. The number of hydrogen-bond donors (Lipinski definition) is 1. The minimum absolute atomic E-state index is 0.0445.